The van der Waals surface area contributed by atoms with Gasteiger partial charge in [-0.25, -0.2) is 0 Å². The van der Waals surface area contributed by atoms with Crippen molar-refractivity contribution in [3.63, 3.8) is 0 Å². The molecule has 1 aliphatic rings. The van der Waals surface area contributed by atoms with Gasteiger partial charge in [0.15, 0.2) is 0 Å². The molecule has 0 spiro atoms. The Kier molecular flexibility index (Phi) is 7.07. The van der Waals surface area contributed by atoms with Crippen molar-refractivity contribution in [2.75, 3.05) is 13.1 Å². The number of aromatic nitrogens is 1. The molecule has 27 heavy (non-hydrogen) atoms. The topological polar surface area (TPSA) is 16.1 Å². The zero-order chi connectivity index (χ0) is 19.2. The molecule has 2 nitrogen and oxygen atoms in total. The Morgan fingerprint density at radius 1 is 0.889 bits per heavy atom. The molecule has 1 fully saturated rings. The summed E-state index contributed by atoms with van der Waals surface area (Å²) in [6.45, 7) is 11.7. The third kappa shape index (κ3) is 5.65. The van der Waals surface area contributed by atoms with Crippen molar-refractivity contribution < 1.29 is 0 Å². The van der Waals surface area contributed by atoms with Crippen LogP contribution in [-0.4, -0.2) is 29.0 Å². The van der Waals surface area contributed by atoms with Gasteiger partial charge in [-0.1, -0.05) is 57.5 Å². The van der Waals surface area contributed by atoms with Gasteiger partial charge in [-0.15, -0.1) is 0 Å². The van der Waals surface area contributed by atoms with E-state index in [2.05, 4.69) is 75.1 Å². The Morgan fingerprint density at radius 3 is 2.37 bits per heavy atom. The lowest BCUT2D eigenvalue weighted by molar-refractivity contribution is 0.173. The van der Waals surface area contributed by atoms with E-state index in [1.807, 2.05) is 0 Å². The second-order valence-electron chi connectivity index (χ2n) is 8.71. The molecule has 1 aliphatic heterocycles. The third-order valence-electron chi connectivity index (χ3n) is 6.00. The minimum atomic E-state index is 0.486. The summed E-state index contributed by atoms with van der Waals surface area (Å²) in [5.41, 5.74) is 5.32. The number of nitrogens with zero attached hydrogens (tertiary/aromatic N) is 2. The number of likely N-dealkylation sites (tertiary alicyclic amines) is 1. The Hall–Kier alpha value is -1.67. The third-order valence-corrected chi connectivity index (χ3v) is 6.00. The van der Waals surface area contributed by atoms with Gasteiger partial charge in [-0.05, 0) is 80.8 Å². The van der Waals surface area contributed by atoms with E-state index in [0.717, 1.165) is 12.8 Å². The maximum absolute atomic E-state index is 4.86. The van der Waals surface area contributed by atoms with Crippen LogP contribution in [0.4, 0.5) is 0 Å². The lowest BCUT2D eigenvalue weighted by Gasteiger charge is -2.32. The van der Waals surface area contributed by atoms with Crippen LogP contribution in [0.5, 0.6) is 0 Å². The molecule has 2 heterocycles. The molecule has 1 aromatic heterocycles. The monoisotopic (exact) mass is 364 g/mol. The Labute approximate surface area is 166 Å². The van der Waals surface area contributed by atoms with Gasteiger partial charge in [0.25, 0.3) is 0 Å². The second-order valence-corrected chi connectivity index (χ2v) is 8.71. The van der Waals surface area contributed by atoms with E-state index in [0.29, 0.717) is 17.9 Å². The standard InChI is InChI=1S/C25H36N2/c1-19(2)25-13-9-12-24(26-25)16-20(3)23-11-8-10-22(18-23)17-21(4)27-14-6-5-7-15-27/h8-13,18-21H,5-7,14-17H2,1-4H3. The predicted molar refractivity (Wildman–Crippen MR) is 115 cm³/mol. The van der Waals surface area contributed by atoms with Crippen LogP contribution in [-0.2, 0) is 12.8 Å². The zero-order valence-corrected chi connectivity index (χ0v) is 17.6. The summed E-state index contributed by atoms with van der Waals surface area (Å²) in [4.78, 5) is 7.53. The van der Waals surface area contributed by atoms with Crippen LogP contribution < -0.4 is 0 Å². The highest BCUT2D eigenvalue weighted by Crippen LogP contribution is 2.23. The quantitative estimate of drug-likeness (QED) is 0.602. The number of piperidine rings is 1. The minimum absolute atomic E-state index is 0.486. The van der Waals surface area contributed by atoms with E-state index < -0.39 is 0 Å². The van der Waals surface area contributed by atoms with Crippen LogP contribution in [0.15, 0.2) is 42.5 Å². The normalized spacial score (nSPS) is 17.8. The highest BCUT2D eigenvalue weighted by atomic mass is 15.1. The maximum atomic E-state index is 4.86. The van der Waals surface area contributed by atoms with E-state index >= 15 is 0 Å². The van der Waals surface area contributed by atoms with Crippen molar-refractivity contribution in [1.29, 1.82) is 0 Å². The summed E-state index contributed by atoms with van der Waals surface area (Å²) < 4.78 is 0. The molecule has 1 saturated heterocycles. The second kappa shape index (κ2) is 9.50. The number of hydrogen-bond donors (Lipinski definition) is 0. The van der Waals surface area contributed by atoms with Gasteiger partial charge in [0.1, 0.15) is 0 Å². The molecule has 0 N–H and O–H groups in total. The van der Waals surface area contributed by atoms with Crippen LogP contribution in [0.3, 0.4) is 0 Å². The van der Waals surface area contributed by atoms with Crippen molar-refractivity contribution in [2.45, 2.75) is 77.7 Å². The van der Waals surface area contributed by atoms with Crippen LogP contribution in [0, 0.1) is 0 Å². The molecule has 2 unspecified atom stereocenters. The van der Waals surface area contributed by atoms with Crippen LogP contribution in [0.1, 0.15) is 81.3 Å². The smallest absolute Gasteiger partial charge is 0.0432 e. The number of pyridine rings is 1. The largest absolute Gasteiger partial charge is 0.300 e. The first kappa shape index (κ1) is 20.1. The van der Waals surface area contributed by atoms with E-state index in [1.165, 1.54) is 54.9 Å². The van der Waals surface area contributed by atoms with Crippen LogP contribution in [0.2, 0.25) is 0 Å². The fourth-order valence-corrected chi connectivity index (χ4v) is 4.22. The molecule has 146 valence electrons. The zero-order valence-electron chi connectivity index (χ0n) is 17.6. The fourth-order valence-electron chi connectivity index (χ4n) is 4.22. The van der Waals surface area contributed by atoms with Crippen molar-refractivity contribution in [2.24, 2.45) is 0 Å². The molecule has 0 saturated carbocycles. The molecule has 0 radical (unpaired) electrons. The molecule has 3 rings (SSSR count). The molecule has 0 bridgehead atoms. The highest BCUT2D eigenvalue weighted by molar-refractivity contribution is 5.28. The van der Waals surface area contributed by atoms with Gasteiger partial charge in [0, 0.05) is 17.4 Å². The summed E-state index contributed by atoms with van der Waals surface area (Å²) in [6.07, 6.45) is 6.29. The molecular weight excluding hydrogens is 328 g/mol. The lowest BCUT2D eigenvalue weighted by Crippen LogP contribution is -2.38. The molecule has 2 heteroatoms. The number of hydrogen-bond acceptors (Lipinski definition) is 2. The van der Waals surface area contributed by atoms with Crippen molar-refractivity contribution in [1.82, 2.24) is 9.88 Å². The van der Waals surface area contributed by atoms with E-state index in [1.54, 1.807) is 0 Å². The highest BCUT2D eigenvalue weighted by Gasteiger charge is 2.17. The summed E-state index contributed by atoms with van der Waals surface area (Å²) in [6, 6.07) is 16.4. The first-order valence-electron chi connectivity index (χ1n) is 10.8. The van der Waals surface area contributed by atoms with Gasteiger partial charge in [-0.3, -0.25) is 4.98 Å². The van der Waals surface area contributed by atoms with E-state index in [4.69, 9.17) is 4.98 Å². The van der Waals surface area contributed by atoms with E-state index in [9.17, 15) is 0 Å². The molecule has 0 aliphatic carbocycles. The van der Waals surface area contributed by atoms with Gasteiger partial charge in [0.05, 0.1) is 0 Å². The summed E-state index contributed by atoms with van der Waals surface area (Å²) >= 11 is 0. The Balaban J connectivity index is 1.64. The summed E-state index contributed by atoms with van der Waals surface area (Å²) in [7, 11) is 0. The first-order chi connectivity index (χ1) is 13.0. The van der Waals surface area contributed by atoms with Crippen molar-refractivity contribution in [3.8, 4) is 0 Å². The predicted octanol–water partition coefficient (Wildman–Crippen LogP) is 5.97. The van der Waals surface area contributed by atoms with E-state index in [-0.39, 0.29) is 0 Å². The van der Waals surface area contributed by atoms with Crippen LogP contribution in [0.25, 0.3) is 0 Å². The Bertz CT molecular complexity index is 716. The van der Waals surface area contributed by atoms with Crippen molar-refractivity contribution >= 4 is 0 Å². The first-order valence-corrected chi connectivity index (χ1v) is 10.8. The molecular formula is C25H36N2. The van der Waals surface area contributed by atoms with Gasteiger partial charge < -0.3 is 4.90 Å². The lowest BCUT2D eigenvalue weighted by atomic mass is 9.92. The maximum Gasteiger partial charge on any atom is 0.0432 e. The molecule has 0 amide bonds. The minimum Gasteiger partial charge on any atom is -0.300 e. The number of benzene rings is 1. The molecule has 2 atom stereocenters. The fraction of sp³-hybridized carbons (Fsp3) is 0.560. The average Bonchev–Trinajstić information content (AvgIpc) is 2.69. The average molecular weight is 365 g/mol. The Morgan fingerprint density at radius 2 is 1.63 bits per heavy atom. The van der Waals surface area contributed by atoms with Gasteiger partial charge in [-0.2, -0.15) is 0 Å². The molecule has 2 aromatic rings. The SMILES string of the molecule is CC(C)c1cccc(CC(C)c2cccc(CC(C)N3CCCCC3)c2)n1. The van der Waals surface area contributed by atoms with Gasteiger partial charge in [0.2, 0.25) is 0 Å². The van der Waals surface area contributed by atoms with Gasteiger partial charge >= 0.3 is 0 Å². The molecule has 1 aromatic carbocycles. The number of rotatable bonds is 7. The van der Waals surface area contributed by atoms with Crippen LogP contribution >= 0.6 is 0 Å². The summed E-state index contributed by atoms with van der Waals surface area (Å²) in [5, 5.41) is 0. The van der Waals surface area contributed by atoms with Crippen molar-refractivity contribution in [3.05, 3.63) is 65.0 Å². The summed E-state index contributed by atoms with van der Waals surface area (Å²) in [5.74, 6) is 0.977.